The quantitative estimate of drug-likeness (QED) is 0.353. The number of ether oxygens (including phenoxy) is 1. The molecule has 158 valence electrons. The zero-order chi connectivity index (χ0) is 22.8. The number of aliphatic hydroxyl groups is 1. The van der Waals surface area contributed by atoms with Gasteiger partial charge in [0.25, 0.3) is 11.7 Å². The van der Waals surface area contributed by atoms with Crippen LogP contribution in [0.25, 0.3) is 5.76 Å². The average Bonchev–Trinajstić information content (AvgIpc) is 3.10. The third-order valence-electron chi connectivity index (χ3n) is 5.26. The van der Waals surface area contributed by atoms with E-state index in [4.69, 9.17) is 21.6 Å². The van der Waals surface area contributed by atoms with Gasteiger partial charge >= 0.3 is 0 Å². The third kappa shape index (κ3) is 3.59. The first-order valence-corrected chi connectivity index (χ1v) is 10.0. The van der Waals surface area contributed by atoms with Gasteiger partial charge < -0.3 is 9.84 Å². The van der Waals surface area contributed by atoms with Crippen molar-refractivity contribution >= 4 is 34.7 Å². The summed E-state index contributed by atoms with van der Waals surface area (Å²) in [6, 6.07) is 21.1. The summed E-state index contributed by atoms with van der Waals surface area (Å²) in [5.41, 5.74) is 1.59. The molecular formula is C25H17ClN2O4. The van der Waals surface area contributed by atoms with E-state index in [-0.39, 0.29) is 16.2 Å². The van der Waals surface area contributed by atoms with Crippen LogP contribution in [0.2, 0.25) is 5.02 Å². The van der Waals surface area contributed by atoms with Gasteiger partial charge in [-0.15, -0.1) is 0 Å². The molecule has 1 N–H and O–H groups in total. The first kappa shape index (κ1) is 21.2. The molecule has 32 heavy (non-hydrogen) atoms. The lowest BCUT2D eigenvalue weighted by Gasteiger charge is -2.25. The SMILES string of the molecule is COc1ccc(Cl)c(/C(O)=C2\C(=O)C(=O)N(c3ccc(C#N)cc3)C2c2ccccc2)c1. The van der Waals surface area contributed by atoms with E-state index < -0.39 is 23.5 Å². The number of carbonyl (C=O) groups excluding carboxylic acids is 2. The summed E-state index contributed by atoms with van der Waals surface area (Å²) < 4.78 is 5.21. The highest BCUT2D eigenvalue weighted by Crippen LogP contribution is 2.43. The Labute approximate surface area is 189 Å². The van der Waals surface area contributed by atoms with Gasteiger partial charge in [-0.2, -0.15) is 5.26 Å². The lowest BCUT2D eigenvalue weighted by atomic mass is 9.95. The number of halogens is 1. The highest BCUT2D eigenvalue weighted by molar-refractivity contribution is 6.52. The van der Waals surface area contributed by atoms with Crippen LogP contribution in [0.1, 0.15) is 22.7 Å². The second-order valence-electron chi connectivity index (χ2n) is 7.08. The van der Waals surface area contributed by atoms with Crippen molar-refractivity contribution in [1.82, 2.24) is 0 Å². The molecule has 4 rings (SSSR count). The average molecular weight is 445 g/mol. The summed E-state index contributed by atoms with van der Waals surface area (Å²) in [7, 11) is 1.47. The van der Waals surface area contributed by atoms with Crippen molar-refractivity contribution in [3.05, 3.63) is 100 Å². The Morgan fingerprint density at radius 1 is 1.06 bits per heavy atom. The van der Waals surface area contributed by atoms with Crippen LogP contribution in [0.4, 0.5) is 5.69 Å². The van der Waals surface area contributed by atoms with Gasteiger partial charge in [0.05, 0.1) is 35.4 Å². The van der Waals surface area contributed by atoms with E-state index in [2.05, 4.69) is 0 Å². The number of rotatable bonds is 4. The van der Waals surface area contributed by atoms with Gasteiger partial charge in [-0.3, -0.25) is 14.5 Å². The summed E-state index contributed by atoms with van der Waals surface area (Å²) in [6.07, 6.45) is 0. The van der Waals surface area contributed by atoms with E-state index in [1.54, 1.807) is 60.7 Å². The molecule has 1 amide bonds. The van der Waals surface area contributed by atoms with Gasteiger partial charge in [0.1, 0.15) is 11.5 Å². The van der Waals surface area contributed by atoms with Crippen molar-refractivity contribution in [3.63, 3.8) is 0 Å². The van der Waals surface area contributed by atoms with Crippen LogP contribution < -0.4 is 9.64 Å². The Hall–Kier alpha value is -4.08. The lowest BCUT2D eigenvalue weighted by Crippen LogP contribution is -2.29. The number of hydrogen-bond acceptors (Lipinski definition) is 5. The van der Waals surface area contributed by atoms with Crippen LogP contribution >= 0.6 is 11.6 Å². The van der Waals surface area contributed by atoms with Crippen LogP contribution in [0.3, 0.4) is 0 Å². The van der Waals surface area contributed by atoms with E-state index >= 15 is 0 Å². The molecular weight excluding hydrogens is 428 g/mol. The van der Waals surface area contributed by atoms with E-state index in [1.807, 2.05) is 12.1 Å². The summed E-state index contributed by atoms with van der Waals surface area (Å²) in [6.45, 7) is 0. The summed E-state index contributed by atoms with van der Waals surface area (Å²) in [5, 5.41) is 20.5. The van der Waals surface area contributed by atoms with Crippen molar-refractivity contribution in [2.45, 2.75) is 6.04 Å². The van der Waals surface area contributed by atoms with E-state index in [9.17, 15) is 14.7 Å². The molecule has 0 spiro atoms. The van der Waals surface area contributed by atoms with E-state index in [1.165, 1.54) is 18.1 Å². The molecule has 0 radical (unpaired) electrons. The lowest BCUT2D eigenvalue weighted by molar-refractivity contribution is -0.132. The Kier molecular flexibility index (Phi) is 5.67. The standard InChI is InChI=1S/C25H17ClN2O4/c1-32-18-11-12-20(26)19(13-18)23(29)21-22(16-5-3-2-4-6-16)28(25(31)24(21)30)17-9-7-15(14-27)8-10-17/h2-13,22,29H,1H3/b23-21+. The van der Waals surface area contributed by atoms with Crippen LogP contribution in [0.15, 0.2) is 78.4 Å². The molecule has 1 fully saturated rings. The first-order valence-electron chi connectivity index (χ1n) is 9.66. The number of nitriles is 1. The number of amides is 1. The Bertz CT molecular complexity index is 1280. The number of methoxy groups -OCH3 is 1. The minimum absolute atomic E-state index is 0.0827. The minimum Gasteiger partial charge on any atom is -0.507 e. The van der Waals surface area contributed by atoms with Gasteiger partial charge in [-0.05, 0) is 48.0 Å². The Morgan fingerprint density at radius 2 is 1.75 bits per heavy atom. The molecule has 1 unspecified atom stereocenters. The molecule has 3 aromatic rings. The summed E-state index contributed by atoms with van der Waals surface area (Å²) >= 11 is 6.30. The molecule has 0 aliphatic carbocycles. The van der Waals surface area contributed by atoms with Crippen LogP contribution in [-0.2, 0) is 9.59 Å². The van der Waals surface area contributed by atoms with Crippen molar-refractivity contribution in [1.29, 1.82) is 5.26 Å². The molecule has 0 aromatic heterocycles. The topological polar surface area (TPSA) is 90.6 Å². The number of hydrogen-bond donors (Lipinski definition) is 1. The predicted octanol–water partition coefficient (Wildman–Crippen LogP) is 4.85. The fraction of sp³-hybridized carbons (Fsp3) is 0.0800. The number of anilines is 1. The van der Waals surface area contributed by atoms with Crippen LogP contribution in [-0.4, -0.2) is 23.9 Å². The molecule has 1 heterocycles. The second-order valence-corrected chi connectivity index (χ2v) is 7.49. The van der Waals surface area contributed by atoms with Crippen LogP contribution in [0.5, 0.6) is 5.75 Å². The van der Waals surface area contributed by atoms with Gasteiger partial charge in [-0.25, -0.2) is 0 Å². The maximum absolute atomic E-state index is 13.1. The fourth-order valence-corrected chi connectivity index (χ4v) is 3.91. The highest BCUT2D eigenvalue weighted by Gasteiger charge is 2.47. The van der Waals surface area contributed by atoms with Gasteiger partial charge in [-0.1, -0.05) is 41.9 Å². The van der Waals surface area contributed by atoms with Crippen molar-refractivity contribution in [2.24, 2.45) is 0 Å². The Morgan fingerprint density at radius 3 is 2.38 bits per heavy atom. The maximum Gasteiger partial charge on any atom is 0.300 e. The number of aliphatic hydroxyl groups excluding tert-OH is 1. The maximum atomic E-state index is 13.1. The number of carbonyl (C=O) groups is 2. The van der Waals surface area contributed by atoms with E-state index in [0.29, 0.717) is 22.6 Å². The number of benzene rings is 3. The number of nitrogens with zero attached hydrogens (tertiary/aromatic N) is 2. The minimum atomic E-state index is -0.883. The van der Waals surface area contributed by atoms with Gasteiger partial charge in [0.2, 0.25) is 0 Å². The highest BCUT2D eigenvalue weighted by atomic mass is 35.5. The van der Waals surface area contributed by atoms with E-state index in [0.717, 1.165) is 0 Å². The molecule has 0 saturated carbocycles. The fourth-order valence-electron chi connectivity index (χ4n) is 3.70. The Balaban J connectivity index is 1.95. The molecule has 1 aliphatic heterocycles. The zero-order valence-corrected chi connectivity index (χ0v) is 17.7. The summed E-state index contributed by atoms with van der Waals surface area (Å²) in [5.74, 6) is -1.57. The van der Waals surface area contributed by atoms with Gasteiger partial charge in [0.15, 0.2) is 0 Å². The van der Waals surface area contributed by atoms with Gasteiger partial charge in [0, 0.05) is 11.3 Å². The van der Waals surface area contributed by atoms with Crippen molar-refractivity contribution < 1.29 is 19.4 Å². The predicted molar refractivity (Wildman–Crippen MR) is 120 cm³/mol. The van der Waals surface area contributed by atoms with Crippen molar-refractivity contribution in [2.75, 3.05) is 12.0 Å². The molecule has 1 saturated heterocycles. The monoisotopic (exact) mass is 444 g/mol. The summed E-state index contributed by atoms with van der Waals surface area (Å²) in [4.78, 5) is 27.6. The molecule has 7 heteroatoms. The molecule has 1 aliphatic rings. The molecule has 3 aromatic carbocycles. The van der Waals surface area contributed by atoms with Crippen molar-refractivity contribution in [3.8, 4) is 11.8 Å². The largest absolute Gasteiger partial charge is 0.507 e. The molecule has 6 nitrogen and oxygen atoms in total. The van der Waals surface area contributed by atoms with Crippen LogP contribution in [0, 0.1) is 11.3 Å². The smallest absolute Gasteiger partial charge is 0.300 e. The normalized spacial score (nSPS) is 17.3. The third-order valence-corrected chi connectivity index (χ3v) is 5.59. The number of ketones is 1. The molecule has 0 bridgehead atoms. The molecule has 1 atom stereocenters. The number of Topliss-reactive ketones (excluding diaryl/α,β-unsaturated/α-hetero) is 1. The first-order chi connectivity index (χ1) is 15.5. The second kappa shape index (κ2) is 8.58. The zero-order valence-electron chi connectivity index (χ0n) is 16.9.